The first-order valence-corrected chi connectivity index (χ1v) is 5.56. The van der Waals surface area contributed by atoms with E-state index in [1.54, 1.807) is 0 Å². The largest absolute Gasteiger partial charge is 0.272 e. The first kappa shape index (κ1) is 10.4. The predicted molar refractivity (Wildman–Crippen MR) is 64.2 cm³/mol. The lowest BCUT2D eigenvalue weighted by Crippen LogP contribution is -2.11. The third-order valence-electron chi connectivity index (χ3n) is 2.33. The van der Waals surface area contributed by atoms with E-state index in [0.29, 0.717) is 11.3 Å². The van der Waals surface area contributed by atoms with Crippen molar-refractivity contribution in [3.8, 4) is 0 Å². The molecule has 0 saturated carbocycles. The molecule has 0 aliphatic carbocycles. The molecule has 1 aromatic carbocycles. The highest BCUT2D eigenvalue weighted by atomic mass is 79.9. The molecule has 2 rings (SSSR count). The van der Waals surface area contributed by atoms with Gasteiger partial charge in [0.15, 0.2) is 0 Å². The van der Waals surface area contributed by atoms with Gasteiger partial charge in [-0.25, -0.2) is 5.10 Å². The van der Waals surface area contributed by atoms with Gasteiger partial charge in [0.1, 0.15) is 0 Å². The smallest absolute Gasteiger partial charge is 0.267 e. The van der Waals surface area contributed by atoms with E-state index < -0.39 is 0 Å². The van der Waals surface area contributed by atoms with Crippen molar-refractivity contribution in [3.05, 3.63) is 38.7 Å². The molecule has 0 saturated heterocycles. The van der Waals surface area contributed by atoms with Gasteiger partial charge >= 0.3 is 0 Å². The van der Waals surface area contributed by atoms with Crippen LogP contribution in [0.5, 0.6) is 0 Å². The third kappa shape index (κ3) is 1.81. The first-order valence-electron chi connectivity index (χ1n) is 4.77. The highest BCUT2D eigenvalue weighted by molar-refractivity contribution is 9.10. The average molecular weight is 267 g/mol. The van der Waals surface area contributed by atoms with Crippen LogP contribution in [0.3, 0.4) is 0 Å². The Morgan fingerprint density at radius 2 is 2.07 bits per heavy atom. The third-order valence-corrected chi connectivity index (χ3v) is 2.82. The minimum Gasteiger partial charge on any atom is -0.267 e. The molecule has 78 valence electrons. The molecule has 3 nitrogen and oxygen atoms in total. The number of aromatic amines is 1. The van der Waals surface area contributed by atoms with E-state index in [0.717, 1.165) is 15.6 Å². The molecular weight excluding hydrogens is 256 g/mol. The second-order valence-corrected chi connectivity index (χ2v) is 4.70. The van der Waals surface area contributed by atoms with Crippen LogP contribution >= 0.6 is 15.9 Å². The zero-order valence-electron chi connectivity index (χ0n) is 8.54. The zero-order chi connectivity index (χ0) is 11.0. The van der Waals surface area contributed by atoms with E-state index in [9.17, 15) is 4.79 Å². The fourth-order valence-corrected chi connectivity index (χ4v) is 1.96. The predicted octanol–water partition coefficient (Wildman–Crippen LogP) is 2.81. The standard InChI is InChI=1S/C11H11BrN2O/c1-6(2)10-9-5-7(12)3-4-8(9)11(15)14-13-10/h3-6H,1-2H3,(H,14,15). The van der Waals surface area contributed by atoms with Crippen molar-refractivity contribution in [2.24, 2.45) is 0 Å². The number of hydrogen-bond acceptors (Lipinski definition) is 2. The highest BCUT2D eigenvalue weighted by Crippen LogP contribution is 2.23. The molecule has 1 heterocycles. The van der Waals surface area contributed by atoms with Gasteiger partial charge in [-0.1, -0.05) is 29.8 Å². The number of nitrogens with zero attached hydrogens (tertiary/aromatic N) is 1. The van der Waals surface area contributed by atoms with Crippen molar-refractivity contribution in [2.45, 2.75) is 19.8 Å². The summed E-state index contributed by atoms with van der Waals surface area (Å²) in [6.45, 7) is 4.11. The number of benzene rings is 1. The summed E-state index contributed by atoms with van der Waals surface area (Å²) < 4.78 is 0.962. The summed E-state index contributed by atoms with van der Waals surface area (Å²) in [6.07, 6.45) is 0. The molecule has 0 radical (unpaired) electrons. The van der Waals surface area contributed by atoms with Crippen LogP contribution in [0.15, 0.2) is 27.5 Å². The Labute approximate surface area is 95.6 Å². The Bertz CT molecular complexity index is 560. The van der Waals surface area contributed by atoms with Crippen molar-refractivity contribution in [1.82, 2.24) is 10.2 Å². The quantitative estimate of drug-likeness (QED) is 0.863. The van der Waals surface area contributed by atoms with Crippen LogP contribution in [0.25, 0.3) is 10.8 Å². The maximum atomic E-state index is 11.5. The molecule has 0 spiro atoms. The second-order valence-electron chi connectivity index (χ2n) is 3.78. The molecule has 0 aliphatic rings. The first-order chi connectivity index (χ1) is 7.09. The van der Waals surface area contributed by atoms with Crippen LogP contribution in [-0.2, 0) is 0 Å². The minimum absolute atomic E-state index is 0.137. The molecule has 1 N–H and O–H groups in total. The summed E-state index contributed by atoms with van der Waals surface area (Å²) in [5.74, 6) is 0.290. The van der Waals surface area contributed by atoms with Crippen LogP contribution in [0, 0.1) is 0 Å². The van der Waals surface area contributed by atoms with Gasteiger partial charge in [0.2, 0.25) is 0 Å². The van der Waals surface area contributed by atoms with E-state index in [1.165, 1.54) is 0 Å². The number of halogens is 1. The molecule has 1 aromatic heterocycles. The summed E-state index contributed by atoms with van der Waals surface area (Å²) in [7, 11) is 0. The summed E-state index contributed by atoms with van der Waals surface area (Å²) in [5, 5.41) is 8.22. The van der Waals surface area contributed by atoms with Crippen LogP contribution in [0.1, 0.15) is 25.5 Å². The van der Waals surface area contributed by atoms with Crippen molar-refractivity contribution >= 4 is 26.7 Å². The van der Waals surface area contributed by atoms with Gasteiger partial charge in [-0.15, -0.1) is 0 Å². The molecule has 0 unspecified atom stereocenters. The number of hydrogen-bond donors (Lipinski definition) is 1. The highest BCUT2D eigenvalue weighted by Gasteiger charge is 2.09. The molecule has 4 heteroatoms. The Morgan fingerprint density at radius 3 is 2.73 bits per heavy atom. The van der Waals surface area contributed by atoms with Gasteiger partial charge in [0.25, 0.3) is 5.56 Å². The van der Waals surface area contributed by atoms with Crippen LogP contribution in [0.4, 0.5) is 0 Å². The lowest BCUT2D eigenvalue weighted by Gasteiger charge is -2.07. The summed E-state index contributed by atoms with van der Waals surface area (Å²) in [6, 6.07) is 5.61. The Morgan fingerprint density at radius 1 is 1.33 bits per heavy atom. The van der Waals surface area contributed by atoms with Gasteiger partial charge in [0.05, 0.1) is 11.1 Å². The van der Waals surface area contributed by atoms with Crippen LogP contribution in [-0.4, -0.2) is 10.2 Å². The van der Waals surface area contributed by atoms with E-state index >= 15 is 0 Å². The molecule has 0 amide bonds. The molecule has 2 aromatic rings. The Hall–Kier alpha value is -1.16. The van der Waals surface area contributed by atoms with E-state index in [2.05, 4.69) is 40.0 Å². The molecule has 0 bridgehead atoms. The SMILES string of the molecule is CC(C)c1n[nH]c(=O)c2ccc(Br)cc12. The fraction of sp³-hybridized carbons (Fsp3) is 0.273. The van der Waals surface area contributed by atoms with Crippen molar-refractivity contribution in [1.29, 1.82) is 0 Å². The van der Waals surface area contributed by atoms with Crippen LogP contribution < -0.4 is 5.56 Å². The van der Waals surface area contributed by atoms with Gasteiger partial charge in [-0.05, 0) is 24.1 Å². The lowest BCUT2D eigenvalue weighted by atomic mass is 10.0. The molecule has 0 fully saturated rings. The number of rotatable bonds is 1. The van der Waals surface area contributed by atoms with Gasteiger partial charge < -0.3 is 0 Å². The van der Waals surface area contributed by atoms with Gasteiger partial charge in [-0.2, -0.15) is 5.10 Å². The maximum absolute atomic E-state index is 11.5. The maximum Gasteiger partial charge on any atom is 0.272 e. The lowest BCUT2D eigenvalue weighted by molar-refractivity contribution is 0.792. The number of nitrogens with one attached hydrogen (secondary N) is 1. The monoisotopic (exact) mass is 266 g/mol. The summed E-state index contributed by atoms with van der Waals surface area (Å²) in [4.78, 5) is 11.5. The molecule has 0 atom stereocenters. The summed E-state index contributed by atoms with van der Waals surface area (Å²) in [5.41, 5.74) is 0.785. The number of H-pyrrole nitrogens is 1. The Balaban J connectivity index is 2.90. The zero-order valence-corrected chi connectivity index (χ0v) is 10.1. The Kier molecular flexibility index (Phi) is 2.61. The molecule has 15 heavy (non-hydrogen) atoms. The van der Waals surface area contributed by atoms with Crippen LogP contribution in [0.2, 0.25) is 0 Å². The van der Waals surface area contributed by atoms with Crippen molar-refractivity contribution < 1.29 is 0 Å². The number of aromatic nitrogens is 2. The van der Waals surface area contributed by atoms with E-state index in [4.69, 9.17) is 0 Å². The van der Waals surface area contributed by atoms with Gasteiger partial charge in [-0.3, -0.25) is 4.79 Å². The summed E-state index contributed by atoms with van der Waals surface area (Å²) >= 11 is 3.40. The topological polar surface area (TPSA) is 45.8 Å². The number of fused-ring (bicyclic) bond motifs is 1. The van der Waals surface area contributed by atoms with E-state index in [-0.39, 0.29) is 5.56 Å². The minimum atomic E-state index is -0.137. The van der Waals surface area contributed by atoms with Crippen molar-refractivity contribution in [2.75, 3.05) is 0 Å². The molecular formula is C11H11BrN2O. The normalized spacial score (nSPS) is 11.2. The van der Waals surface area contributed by atoms with E-state index in [1.807, 2.05) is 18.2 Å². The van der Waals surface area contributed by atoms with Gasteiger partial charge in [0, 0.05) is 9.86 Å². The average Bonchev–Trinajstić information content (AvgIpc) is 2.17. The second kappa shape index (κ2) is 3.77. The molecule has 0 aliphatic heterocycles. The fourth-order valence-electron chi connectivity index (χ4n) is 1.60. The van der Waals surface area contributed by atoms with Crippen molar-refractivity contribution in [3.63, 3.8) is 0 Å².